The molecule has 18 heavy (non-hydrogen) atoms. The van der Waals surface area contributed by atoms with E-state index >= 15 is 0 Å². The Morgan fingerprint density at radius 1 is 0.722 bits per heavy atom. The molecule has 110 valence electrons. The van der Waals surface area contributed by atoms with Gasteiger partial charge in [0.1, 0.15) is 0 Å². The number of hydrogen-bond acceptors (Lipinski definition) is 5. The van der Waals surface area contributed by atoms with Gasteiger partial charge in [-0.25, -0.2) is 0 Å². The third kappa shape index (κ3) is 14.2. The second kappa shape index (κ2) is 16.8. The Bertz CT molecular complexity index is 154. The van der Waals surface area contributed by atoms with Gasteiger partial charge in [0, 0.05) is 16.8 Å². The maximum atomic E-state index is 4.46. The third-order valence-electron chi connectivity index (χ3n) is 2.61. The molecule has 0 amide bonds. The van der Waals surface area contributed by atoms with Crippen LogP contribution in [-0.2, 0) is 0 Å². The summed E-state index contributed by atoms with van der Waals surface area (Å²) in [7, 11) is 0. The number of unbranched alkanes of at least 4 members (excludes halogenated alkanes) is 4. The summed E-state index contributed by atoms with van der Waals surface area (Å²) < 4.78 is 0. The largest absolute Gasteiger partial charge is 0.179 e. The topological polar surface area (TPSA) is 0 Å². The number of rotatable bonds is 14. The van der Waals surface area contributed by atoms with E-state index in [2.05, 4.69) is 61.4 Å². The monoisotopic (exact) mass is 344 g/mol. The Kier molecular flexibility index (Phi) is 18.4. The Morgan fingerprint density at radius 3 is 1.89 bits per heavy atom. The second-order valence-electron chi connectivity index (χ2n) is 4.32. The molecule has 0 radical (unpaired) electrons. The van der Waals surface area contributed by atoms with E-state index in [0.717, 1.165) is 22.5 Å². The molecule has 0 saturated heterocycles. The lowest BCUT2D eigenvalue weighted by Crippen LogP contribution is -2.09. The molecule has 0 aliphatic heterocycles. The van der Waals surface area contributed by atoms with Crippen molar-refractivity contribution in [2.75, 3.05) is 34.5 Å². The third-order valence-corrected chi connectivity index (χ3v) is 6.69. The van der Waals surface area contributed by atoms with Crippen molar-refractivity contribution in [2.24, 2.45) is 0 Å². The van der Waals surface area contributed by atoms with Crippen LogP contribution in [0.15, 0.2) is 0 Å². The molecule has 0 heterocycles. The fraction of sp³-hybridized carbons (Fsp3) is 1.00. The smallest absolute Gasteiger partial charge is 0.0226 e. The van der Waals surface area contributed by atoms with E-state index in [0.29, 0.717) is 0 Å². The average molecular weight is 345 g/mol. The molecule has 0 aliphatic rings. The first-order valence-electron chi connectivity index (χ1n) is 6.87. The van der Waals surface area contributed by atoms with Gasteiger partial charge >= 0.3 is 0 Å². The zero-order valence-electron chi connectivity index (χ0n) is 11.2. The van der Waals surface area contributed by atoms with E-state index in [4.69, 9.17) is 0 Å². The molecule has 5 heteroatoms. The molecule has 0 nitrogen and oxygen atoms in total. The van der Waals surface area contributed by atoms with Crippen LogP contribution in [0.4, 0.5) is 0 Å². The van der Waals surface area contributed by atoms with Crippen LogP contribution in [0.1, 0.15) is 38.5 Å². The van der Waals surface area contributed by atoms with Crippen molar-refractivity contribution >= 4 is 61.4 Å². The van der Waals surface area contributed by atoms with E-state index in [9.17, 15) is 0 Å². The molecular formula is C13H28S5. The molecule has 0 N–H and O–H groups in total. The van der Waals surface area contributed by atoms with Crippen molar-refractivity contribution in [3.05, 3.63) is 0 Å². The van der Waals surface area contributed by atoms with Crippen molar-refractivity contribution in [1.29, 1.82) is 0 Å². The van der Waals surface area contributed by atoms with Gasteiger partial charge in [0.2, 0.25) is 0 Å². The van der Waals surface area contributed by atoms with Gasteiger partial charge < -0.3 is 0 Å². The van der Waals surface area contributed by atoms with Gasteiger partial charge in [-0.15, -0.1) is 0 Å². The summed E-state index contributed by atoms with van der Waals surface area (Å²) in [6.45, 7) is 0. The van der Waals surface area contributed by atoms with E-state index in [1.807, 2.05) is 0 Å². The van der Waals surface area contributed by atoms with E-state index in [1.165, 1.54) is 55.8 Å². The predicted molar refractivity (Wildman–Crippen MR) is 103 cm³/mol. The van der Waals surface area contributed by atoms with Crippen LogP contribution in [0, 0.1) is 0 Å². The lowest BCUT2D eigenvalue weighted by Gasteiger charge is -2.13. The zero-order valence-corrected chi connectivity index (χ0v) is 15.5. The Labute approximate surface area is 139 Å². The molecular weight excluding hydrogens is 316 g/mol. The van der Waals surface area contributed by atoms with Gasteiger partial charge in [-0.3, -0.25) is 0 Å². The summed E-state index contributed by atoms with van der Waals surface area (Å²) in [4.78, 5) is 0. The molecule has 0 fully saturated rings. The van der Waals surface area contributed by atoms with Gasteiger partial charge in [-0.2, -0.15) is 61.4 Å². The standard InChI is InChI=1S/C13H28S5/c14-7-3-1-5-9-17-12-13(11-16)18-10-6-2-4-8-15/h13-16H,1-12H2. The Balaban J connectivity index is 3.29. The van der Waals surface area contributed by atoms with E-state index < -0.39 is 0 Å². The second-order valence-corrected chi connectivity index (χ2v) is 8.14. The van der Waals surface area contributed by atoms with Crippen LogP contribution in [0.2, 0.25) is 0 Å². The predicted octanol–water partition coefficient (Wildman–Crippen LogP) is 4.95. The SMILES string of the molecule is SCCCCCSCC(CS)SCCCCCS. The van der Waals surface area contributed by atoms with Crippen LogP contribution in [-0.4, -0.2) is 39.8 Å². The van der Waals surface area contributed by atoms with Crippen molar-refractivity contribution in [3.8, 4) is 0 Å². The fourth-order valence-corrected chi connectivity index (χ4v) is 5.01. The maximum Gasteiger partial charge on any atom is 0.0226 e. The molecule has 0 saturated carbocycles. The van der Waals surface area contributed by atoms with E-state index in [-0.39, 0.29) is 0 Å². The van der Waals surface area contributed by atoms with Gasteiger partial charge in [0.25, 0.3) is 0 Å². The highest BCUT2D eigenvalue weighted by molar-refractivity contribution is 8.03. The summed E-state index contributed by atoms with van der Waals surface area (Å²) >= 11 is 17.1. The molecule has 0 rings (SSSR count). The van der Waals surface area contributed by atoms with E-state index in [1.54, 1.807) is 0 Å². The average Bonchev–Trinajstić information content (AvgIpc) is 2.40. The Morgan fingerprint density at radius 2 is 1.33 bits per heavy atom. The molecule has 1 unspecified atom stereocenters. The van der Waals surface area contributed by atoms with Gasteiger partial charge in [0.15, 0.2) is 0 Å². The molecule has 0 aromatic carbocycles. The van der Waals surface area contributed by atoms with Crippen LogP contribution in [0.3, 0.4) is 0 Å². The summed E-state index contributed by atoms with van der Waals surface area (Å²) in [6, 6.07) is 0. The van der Waals surface area contributed by atoms with Gasteiger partial charge in [-0.05, 0) is 48.7 Å². The number of thiol groups is 3. The van der Waals surface area contributed by atoms with Gasteiger partial charge in [0.05, 0.1) is 0 Å². The highest BCUT2D eigenvalue weighted by atomic mass is 32.2. The molecule has 1 atom stereocenters. The first kappa shape index (κ1) is 19.8. The van der Waals surface area contributed by atoms with Crippen molar-refractivity contribution < 1.29 is 0 Å². The lowest BCUT2D eigenvalue weighted by molar-refractivity contribution is 0.785. The maximum absolute atomic E-state index is 4.46. The zero-order chi connectivity index (χ0) is 13.5. The minimum Gasteiger partial charge on any atom is -0.179 e. The summed E-state index contributed by atoms with van der Waals surface area (Å²) in [5, 5.41) is 0.735. The number of thioether (sulfide) groups is 2. The molecule has 0 bridgehead atoms. The minimum atomic E-state index is 0.735. The summed E-state index contributed by atoms with van der Waals surface area (Å²) in [5.41, 5.74) is 0. The van der Waals surface area contributed by atoms with Crippen LogP contribution >= 0.6 is 61.4 Å². The highest BCUT2D eigenvalue weighted by Gasteiger charge is 2.06. The summed E-state index contributed by atoms with van der Waals surface area (Å²) in [5.74, 6) is 6.94. The fourth-order valence-electron chi connectivity index (χ4n) is 1.50. The van der Waals surface area contributed by atoms with Crippen LogP contribution < -0.4 is 0 Å². The molecule has 0 aromatic rings. The van der Waals surface area contributed by atoms with Crippen molar-refractivity contribution in [3.63, 3.8) is 0 Å². The number of hydrogen-bond donors (Lipinski definition) is 3. The first-order valence-corrected chi connectivity index (χ1v) is 11.0. The molecule has 0 aromatic heterocycles. The van der Waals surface area contributed by atoms with Crippen molar-refractivity contribution in [1.82, 2.24) is 0 Å². The highest BCUT2D eigenvalue weighted by Crippen LogP contribution is 2.20. The van der Waals surface area contributed by atoms with Crippen molar-refractivity contribution in [2.45, 2.75) is 43.8 Å². The molecule has 0 spiro atoms. The molecule has 0 aliphatic carbocycles. The van der Waals surface area contributed by atoms with Crippen LogP contribution in [0.5, 0.6) is 0 Å². The first-order chi connectivity index (χ1) is 8.85. The van der Waals surface area contributed by atoms with Crippen LogP contribution in [0.25, 0.3) is 0 Å². The normalized spacial score (nSPS) is 12.8. The summed E-state index contributed by atoms with van der Waals surface area (Å²) in [6.07, 6.45) is 7.86. The lowest BCUT2D eigenvalue weighted by atomic mass is 10.3. The quantitative estimate of drug-likeness (QED) is 0.301. The minimum absolute atomic E-state index is 0.735. The Hall–Kier alpha value is 1.75. The van der Waals surface area contributed by atoms with Gasteiger partial charge in [-0.1, -0.05) is 12.8 Å².